The maximum atomic E-state index is 13.2. The highest BCUT2D eigenvalue weighted by molar-refractivity contribution is 6.34. The average Bonchev–Trinajstić information content (AvgIpc) is 3.37. The van der Waals surface area contributed by atoms with Gasteiger partial charge in [0, 0.05) is 40.8 Å². The molecule has 3 aromatic carbocycles. The molecule has 2 heterocycles. The summed E-state index contributed by atoms with van der Waals surface area (Å²) >= 11 is 6.68. The summed E-state index contributed by atoms with van der Waals surface area (Å²) in [5.74, 6) is -1.13. The van der Waals surface area contributed by atoms with E-state index in [0.29, 0.717) is 29.2 Å². The number of benzene rings is 3. The first-order valence-electron chi connectivity index (χ1n) is 11.5. The largest absolute Gasteiger partial charge is 0.478 e. The fourth-order valence-corrected chi connectivity index (χ4v) is 5.87. The Labute approximate surface area is 206 Å². The molecule has 2 unspecified atom stereocenters. The molecular formula is C28H23ClN2O4. The van der Waals surface area contributed by atoms with Gasteiger partial charge in [-0.15, -0.1) is 0 Å². The van der Waals surface area contributed by atoms with Gasteiger partial charge in [0.25, 0.3) is 0 Å². The molecule has 35 heavy (non-hydrogen) atoms. The van der Waals surface area contributed by atoms with Gasteiger partial charge in [-0.2, -0.15) is 0 Å². The Morgan fingerprint density at radius 2 is 2.00 bits per heavy atom. The molecule has 6 rings (SSSR count). The topological polar surface area (TPSA) is 91.6 Å². The van der Waals surface area contributed by atoms with Gasteiger partial charge in [0.1, 0.15) is 0 Å². The minimum Gasteiger partial charge on any atom is -0.478 e. The predicted molar refractivity (Wildman–Crippen MR) is 135 cm³/mol. The summed E-state index contributed by atoms with van der Waals surface area (Å²) in [6.07, 6.45) is 2.58. The van der Waals surface area contributed by atoms with E-state index in [-0.39, 0.29) is 24.0 Å². The summed E-state index contributed by atoms with van der Waals surface area (Å²) in [4.78, 5) is 24.8. The van der Waals surface area contributed by atoms with Crippen molar-refractivity contribution >= 4 is 40.1 Å². The molecule has 1 saturated carbocycles. The summed E-state index contributed by atoms with van der Waals surface area (Å²) < 4.78 is 2.00. The third-order valence-electron chi connectivity index (χ3n) is 7.52. The smallest absolute Gasteiger partial charge is 0.335 e. The number of fused-ring (bicyclic) bond motifs is 3. The number of aliphatic hydroxyl groups is 1. The van der Waals surface area contributed by atoms with Crippen LogP contribution in [0.25, 0.3) is 22.0 Å². The predicted octanol–water partition coefficient (Wildman–Crippen LogP) is 5.34. The van der Waals surface area contributed by atoms with Gasteiger partial charge in [-0.1, -0.05) is 29.8 Å². The van der Waals surface area contributed by atoms with Gasteiger partial charge in [-0.25, -0.2) is 4.79 Å². The highest BCUT2D eigenvalue weighted by atomic mass is 35.5. The molecule has 0 radical (unpaired) electrons. The number of nitrogens with zero attached hydrogens (tertiary/aromatic N) is 1. The quantitative estimate of drug-likeness (QED) is 0.355. The van der Waals surface area contributed by atoms with Crippen LogP contribution in [0.2, 0.25) is 5.02 Å². The first-order chi connectivity index (χ1) is 16.8. The lowest BCUT2D eigenvalue weighted by Crippen LogP contribution is -2.21. The lowest BCUT2D eigenvalue weighted by atomic mass is 9.89. The zero-order valence-corrected chi connectivity index (χ0v) is 19.8. The van der Waals surface area contributed by atoms with Crippen molar-refractivity contribution in [3.05, 3.63) is 88.1 Å². The lowest BCUT2D eigenvalue weighted by molar-refractivity contribution is -0.118. The highest BCUT2D eigenvalue weighted by Gasteiger charge is 2.65. The summed E-state index contributed by atoms with van der Waals surface area (Å²) in [6.45, 7) is 2.38. The Bertz CT molecular complexity index is 1560. The second kappa shape index (κ2) is 7.70. The maximum Gasteiger partial charge on any atom is 0.335 e. The maximum absolute atomic E-state index is 13.2. The number of carboxylic acid groups (broad SMARTS) is 1. The van der Waals surface area contributed by atoms with Crippen LogP contribution in [0.5, 0.6) is 0 Å². The zero-order valence-electron chi connectivity index (χ0n) is 19.0. The molecule has 7 heteroatoms. The fourth-order valence-electron chi connectivity index (χ4n) is 5.59. The van der Waals surface area contributed by atoms with Crippen molar-refractivity contribution in [2.75, 3.05) is 11.9 Å². The van der Waals surface area contributed by atoms with Crippen molar-refractivity contribution < 1.29 is 19.8 Å². The number of halogens is 1. The highest BCUT2D eigenvalue weighted by Crippen LogP contribution is 2.65. The van der Waals surface area contributed by atoms with E-state index in [0.717, 1.165) is 33.2 Å². The molecule has 0 saturated heterocycles. The first-order valence-corrected chi connectivity index (χ1v) is 11.9. The standard InChI is InChI=1S/C28H23ClN2O4/c1-15-2-3-17(11-19(15)26(33)34)22-14-28(22)21-12-20(23(29)13-24(21)30-27(28)35)16-4-5-25-18(10-16)6-7-31(25)8-9-32/h2-7,10-13,22,32H,8-9,14H2,1H3,(H,30,35)(H,33,34). The molecule has 1 aromatic heterocycles. The fraction of sp³-hybridized carbons (Fsp3) is 0.214. The molecule has 1 spiro atoms. The number of amides is 1. The Balaban J connectivity index is 1.42. The van der Waals surface area contributed by atoms with Crippen molar-refractivity contribution in [3.63, 3.8) is 0 Å². The summed E-state index contributed by atoms with van der Waals surface area (Å²) in [5, 5.41) is 23.4. The first kappa shape index (κ1) is 21.9. The van der Waals surface area contributed by atoms with Crippen LogP contribution in [0.3, 0.4) is 0 Å². The minimum absolute atomic E-state index is 0.0697. The number of aliphatic hydroxyl groups excluding tert-OH is 1. The zero-order chi connectivity index (χ0) is 24.5. The molecule has 176 valence electrons. The number of nitrogens with one attached hydrogen (secondary N) is 1. The van der Waals surface area contributed by atoms with Crippen LogP contribution in [0.4, 0.5) is 5.69 Å². The van der Waals surface area contributed by atoms with Crippen LogP contribution in [0.1, 0.15) is 39.4 Å². The molecule has 2 atom stereocenters. The van der Waals surface area contributed by atoms with Crippen LogP contribution < -0.4 is 5.32 Å². The number of aromatic carboxylic acids is 1. The van der Waals surface area contributed by atoms with E-state index in [1.165, 1.54) is 0 Å². The molecule has 1 amide bonds. The van der Waals surface area contributed by atoms with Crippen molar-refractivity contribution in [2.45, 2.75) is 31.2 Å². The average molecular weight is 487 g/mol. The Kier molecular flexibility index (Phi) is 4.82. The number of aryl methyl sites for hydroxylation is 1. The number of hydrogen-bond acceptors (Lipinski definition) is 3. The van der Waals surface area contributed by atoms with Crippen LogP contribution in [0.15, 0.2) is 60.8 Å². The number of anilines is 1. The van der Waals surface area contributed by atoms with Gasteiger partial charge >= 0.3 is 5.97 Å². The third-order valence-corrected chi connectivity index (χ3v) is 7.83. The summed E-state index contributed by atoms with van der Waals surface area (Å²) in [5.41, 5.74) is 5.55. The van der Waals surface area contributed by atoms with E-state index in [4.69, 9.17) is 11.6 Å². The van der Waals surface area contributed by atoms with E-state index in [9.17, 15) is 19.8 Å². The SMILES string of the molecule is Cc1ccc(C2CC23C(=O)Nc2cc(Cl)c(-c4ccc5c(ccn5CCO)c4)cc23)cc1C(=O)O. The van der Waals surface area contributed by atoms with Crippen LogP contribution in [-0.4, -0.2) is 33.3 Å². The van der Waals surface area contributed by atoms with E-state index in [2.05, 4.69) is 11.4 Å². The van der Waals surface area contributed by atoms with Crippen molar-refractivity contribution in [1.82, 2.24) is 4.57 Å². The van der Waals surface area contributed by atoms with Crippen LogP contribution in [0, 0.1) is 6.92 Å². The van der Waals surface area contributed by atoms with Crippen molar-refractivity contribution in [1.29, 1.82) is 0 Å². The molecule has 1 fully saturated rings. The Morgan fingerprint density at radius 1 is 1.17 bits per heavy atom. The van der Waals surface area contributed by atoms with E-state index in [1.807, 2.05) is 53.2 Å². The molecule has 4 aromatic rings. The van der Waals surface area contributed by atoms with E-state index < -0.39 is 11.4 Å². The van der Waals surface area contributed by atoms with Gasteiger partial charge in [0.15, 0.2) is 0 Å². The summed E-state index contributed by atoms with van der Waals surface area (Å²) in [7, 11) is 0. The monoisotopic (exact) mass is 486 g/mol. The van der Waals surface area contributed by atoms with Crippen LogP contribution >= 0.6 is 11.6 Å². The lowest BCUT2D eigenvalue weighted by Gasteiger charge is -2.13. The number of carbonyl (C=O) groups is 2. The Morgan fingerprint density at radius 3 is 2.77 bits per heavy atom. The van der Waals surface area contributed by atoms with Gasteiger partial charge < -0.3 is 20.1 Å². The van der Waals surface area contributed by atoms with Crippen molar-refractivity contribution in [2.24, 2.45) is 0 Å². The molecule has 1 aliphatic heterocycles. The Hall–Kier alpha value is -3.61. The molecule has 0 bridgehead atoms. The number of aromatic nitrogens is 1. The second-order valence-corrected chi connectivity index (χ2v) is 9.85. The van der Waals surface area contributed by atoms with E-state index >= 15 is 0 Å². The normalized spacial score (nSPS) is 20.3. The molecular weight excluding hydrogens is 464 g/mol. The number of rotatable bonds is 5. The number of carboxylic acids is 1. The van der Waals surface area contributed by atoms with Gasteiger partial charge in [-0.05, 0) is 72.0 Å². The van der Waals surface area contributed by atoms with Gasteiger partial charge in [0.2, 0.25) is 5.91 Å². The second-order valence-electron chi connectivity index (χ2n) is 9.45. The number of hydrogen-bond donors (Lipinski definition) is 3. The number of carbonyl (C=O) groups excluding carboxylic acids is 1. The van der Waals surface area contributed by atoms with Crippen LogP contribution in [-0.2, 0) is 16.8 Å². The third kappa shape index (κ3) is 3.21. The molecule has 1 aliphatic carbocycles. The van der Waals surface area contributed by atoms with Gasteiger partial charge in [-0.3, -0.25) is 4.79 Å². The summed E-state index contributed by atoms with van der Waals surface area (Å²) in [6, 6.07) is 17.4. The van der Waals surface area contributed by atoms with Crippen molar-refractivity contribution in [3.8, 4) is 11.1 Å². The molecule has 3 N–H and O–H groups in total. The van der Waals surface area contributed by atoms with E-state index in [1.54, 1.807) is 13.0 Å². The van der Waals surface area contributed by atoms with Gasteiger partial charge in [0.05, 0.1) is 22.6 Å². The minimum atomic E-state index is -0.965. The molecule has 2 aliphatic rings. The molecule has 6 nitrogen and oxygen atoms in total.